The van der Waals surface area contributed by atoms with Gasteiger partial charge in [0.1, 0.15) is 4.90 Å². The highest BCUT2D eigenvalue weighted by Gasteiger charge is 2.50. The summed E-state index contributed by atoms with van der Waals surface area (Å²) in [5, 5.41) is 0. The van der Waals surface area contributed by atoms with Crippen LogP contribution < -0.4 is 4.72 Å². The molecule has 3 rings (SSSR count). The Morgan fingerprint density at radius 2 is 2.25 bits per heavy atom. The van der Waals surface area contributed by atoms with E-state index in [0.29, 0.717) is 13.0 Å². The molecule has 7 heteroatoms. The minimum Gasteiger partial charge on any atom is -0.339 e. The van der Waals surface area contributed by atoms with E-state index in [1.54, 1.807) is 18.3 Å². The molecule has 0 radical (unpaired) electrons. The topological polar surface area (TPSA) is 79.4 Å². The van der Waals surface area contributed by atoms with Gasteiger partial charge in [-0.2, -0.15) is 0 Å². The van der Waals surface area contributed by atoms with Crippen molar-refractivity contribution in [1.82, 2.24) is 14.6 Å². The number of nitrogens with one attached hydrogen (secondary N) is 1. The van der Waals surface area contributed by atoms with Gasteiger partial charge in [-0.1, -0.05) is 13.3 Å². The lowest BCUT2D eigenvalue weighted by molar-refractivity contribution is -0.141. The maximum atomic E-state index is 12.5. The van der Waals surface area contributed by atoms with E-state index in [0.717, 1.165) is 38.6 Å². The Morgan fingerprint density at radius 3 is 2.96 bits per heavy atom. The molecule has 2 atom stereocenters. The van der Waals surface area contributed by atoms with Crippen LogP contribution in [0.4, 0.5) is 0 Å². The Hall–Kier alpha value is -1.47. The van der Waals surface area contributed by atoms with E-state index < -0.39 is 10.0 Å². The molecule has 2 aliphatic rings. The van der Waals surface area contributed by atoms with Gasteiger partial charge in [-0.3, -0.25) is 9.78 Å². The van der Waals surface area contributed by atoms with E-state index in [-0.39, 0.29) is 22.3 Å². The molecule has 1 aliphatic carbocycles. The second-order valence-electron chi connectivity index (χ2n) is 6.87. The number of aromatic nitrogens is 1. The molecule has 1 amide bonds. The Morgan fingerprint density at radius 1 is 1.42 bits per heavy atom. The molecule has 0 spiro atoms. The van der Waals surface area contributed by atoms with Gasteiger partial charge < -0.3 is 4.90 Å². The van der Waals surface area contributed by atoms with Gasteiger partial charge in [-0.25, -0.2) is 13.1 Å². The highest BCUT2D eigenvalue weighted by molar-refractivity contribution is 7.89. The van der Waals surface area contributed by atoms with E-state index >= 15 is 0 Å². The summed E-state index contributed by atoms with van der Waals surface area (Å²) in [5.41, 5.74) is -0.127. The van der Waals surface area contributed by atoms with Crippen LogP contribution in [0.15, 0.2) is 29.4 Å². The molecule has 1 aromatic heterocycles. The smallest absolute Gasteiger partial charge is 0.242 e. The number of pyridine rings is 1. The fourth-order valence-corrected chi connectivity index (χ4v) is 5.32. The molecule has 24 heavy (non-hydrogen) atoms. The predicted octanol–water partition coefficient (Wildman–Crippen LogP) is 1.93. The fraction of sp³-hybridized carbons (Fsp3) is 0.647. The lowest BCUT2D eigenvalue weighted by atomic mass is 9.74. The predicted molar refractivity (Wildman–Crippen MR) is 90.7 cm³/mol. The third-order valence-electron chi connectivity index (χ3n) is 5.42. The molecule has 132 valence electrons. The molecular weight excluding hydrogens is 326 g/mol. The first-order chi connectivity index (χ1) is 11.5. The van der Waals surface area contributed by atoms with Gasteiger partial charge in [0.2, 0.25) is 15.9 Å². The van der Waals surface area contributed by atoms with Crippen molar-refractivity contribution in [2.45, 2.75) is 56.4 Å². The maximum absolute atomic E-state index is 12.5. The fourth-order valence-electron chi connectivity index (χ4n) is 4.22. The number of hydrogen-bond acceptors (Lipinski definition) is 4. The number of fused-ring (bicyclic) bond motifs is 1. The second-order valence-corrected chi connectivity index (χ2v) is 8.64. The highest BCUT2D eigenvalue weighted by atomic mass is 32.2. The average Bonchev–Trinajstić information content (AvgIpc) is 3.02. The molecule has 1 saturated heterocycles. The SMILES string of the molecule is CCCN1C(=O)CC[C@]2(CNS(=O)(=O)c3cccnc3)CCC[C@@H]12. The van der Waals surface area contributed by atoms with Crippen molar-refractivity contribution >= 4 is 15.9 Å². The number of hydrogen-bond donors (Lipinski definition) is 1. The molecule has 1 aliphatic heterocycles. The van der Waals surface area contributed by atoms with Crippen molar-refractivity contribution < 1.29 is 13.2 Å². The number of likely N-dealkylation sites (tertiary alicyclic amines) is 1. The van der Waals surface area contributed by atoms with E-state index in [1.807, 2.05) is 4.90 Å². The summed E-state index contributed by atoms with van der Waals surface area (Å²) in [5.74, 6) is 0.217. The number of sulfonamides is 1. The van der Waals surface area contributed by atoms with Gasteiger partial charge in [0, 0.05) is 43.4 Å². The molecule has 0 unspecified atom stereocenters. The number of piperidine rings is 1. The van der Waals surface area contributed by atoms with E-state index in [1.165, 1.54) is 6.20 Å². The zero-order valence-electron chi connectivity index (χ0n) is 14.1. The molecule has 1 N–H and O–H groups in total. The zero-order chi connectivity index (χ0) is 17.2. The van der Waals surface area contributed by atoms with Crippen LogP contribution in [0.3, 0.4) is 0 Å². The summed E-state index contributed by atoms with van der Waals surface area (Å²) >= 11 is 0. The quantitative estimate of drug-likeness (QED) is 0.849. The van der Waals surface area contributed by atoms with Crippen molar-refractivity contribution in [3.63, 3.8) is 0 Å². The molecule has 0 bridgehead atoms. The first-order valence-corrected chi connectivity index (χ1v) is 10.2. The van der Waals surface area contributed by atoms with Gasteiger partial charge in [0.25, 0.3) is 0 Å². The summed E-state index contributed by atoms with van der Waals surface area (Å²) in [7, 11) is -3.56. The number of rotatable bonds is 6. The largest absolute Gasteiger partial charge is 0.339 e. The number of carbonyl (C=O) groups excluding carboxylic acids is 1. The number of carbonyl (C=O) groups is 1. The molecule has 2 heterocycles. The molecule has 0 aromatic carbocycles. The third-order valence-corrected chi connectivity index (χ3v) is 6.80. The first kappa shape index (κ1) is 17.4. The van der Waals surface area contributed by atoms with Gasteiger partial charge >= 0.3 is 0 Å². The Bertz CT molecular complexity index is 692. The van der Waals surface area contributed by atoms with E-state index in [2.05, 4.69) is 16.6 Å². The molecule has 1 aromatic rings. The van der Waals surface area contributed by atoms with Crippen molar-refractivity contribution in [3.05, 3.63) is 24.5 Å². The van der Waals surface area contributed by atoms with Crippen molar-refractivity contribution in [3.8, 4) is 0 Å². The highest BCUT2D eigenvalue weighted by Crippen LogP contribution is 2.47. The number of nitrogens with zero attached hydrogens (tertiary/aromatic N) is 2. The van der Waals surface area contributed by atoms with Crippen LogP contribution in [0, 0.1) is 5.41 Å². The van der Waals surface area contributed by atoms with Crippen molar-refractivity contribution in [2.24, 2.45) is 5.41 Å². The molecule has 1 saturated carbocycles. The van der Waals surface area contributed by atoms with Crippen LogP contribution in [0.1, 0.15) is 45.4 Å². The monoisotopic (exact) mass is 351 g/mol. The van der Waals surface area contributed by atoms with Crippen LogP contribution in [0.25, 0.3) is 0 Å². The van der Waals surface area contributed by atoms with Crippen LogP contribution in [0.5, 0.6) is 0 Å². The molecule has 6 nitrogen and oxygen atoms in total. The van der Waals surface area contributed by atoms with Gasteiger partial charge in [-0.05, 0) is 37.8 Å². The maximum Gasteiger partial charge on any atom is 0.242 e. The summed E-state index contributed by atoms with van der Waals surface area (Å²) in [6.45, 7) is 3.23. The first-order valence-electron chi connectivity index (χ1n) is 8.68. The van der Waals surface area contributed by atoms with Crippen LogP contribution in [-0.4, -0.2) is 43.3 Å². The van der Waals surface area contributed by atoms with Crippen molar-refractivity contribution in [2.75, 3.05) is 13.1 Å². The summed E-state index contributed by atoms with van der Waals surface area (Å²) in [6.07, 6.45) is 8.13. The number of amides is 1. The van der Waals surface area contributed by atoms with Gasteiger partial charge in [0.15, 0.2) is 0 Å². The Kier molecular flexibility index (Phi) is 4.92. The lowest BCUT2D eigenvalue weighted by Gasteiger charge is -2.46. The van der Waals surface area contributed by atoms with Crippen LogP contribution in [0.2, 0.25) is 0 Å². The minimum absolute atomic E-state index is 0.127. The molecule has 2 fully saturated rings. The average molecular weight is 351 g/mol. The standard InChI is InChI=1S/C17H25N3O3S/c1-2-11-20-15-6-3-8-17(15,9-7-16(20)21)13-19-24(22,23)14-5-4-10-18-12-14/h4-5,10,12,15,19H,2-3,6-9,11,13H2,1H3/t15-,17+/m1/s1. The van der Waals surface area contributed by atoms with E-state index in [9.17, 15) is 13.2 Å². The van der Waals surface area contributed by atoms with Crippen LogP contribution >= 0.6 is 0 Å². The van der Waals surface area contributed by atoms with Crippen molar-refractivity contribution in [1.29, 1.82) is 0 Å². The second kappa shape index (κ2) is 6.80. The zero-order valence-corrected chi connectivity index (χ0v) is 14.9. The Labute approximate surface area is 143 Å². The van der Waals surface area contributed by atoms with Gasteiger partial charge in [-0.15, -0.1) is 0 Å². The Balaban J connectivity index is 1.77. The summed E-state index contributed by atoms with van der Waals surface area (Å²) < 4.78 is 27.8. The van der Waals surface area contributed by atoms with Crippen LogP contribution in [-0.2, 0) is 14.8 Å². The lowest BCUT2D eigenvalue weighted by Crippen LogP contribution is -2.56. The third kappa shape index (κ3) is 3.19. The summed E-state index contributed by atoms with van der Waals surface area (Å²) in [6, 6.07) is 3.33. The minimum atomic E-state index is -3.56. The molecular formula is C17H25N3O3S. The van der Waals surface area contributed by atoms with E-state index in [4.69, 9.17) is 0 Å². The van der Waals surface area contributed by atoms with Gasteiger partial charge in [0.05, 0.1) is 0 Å². The summed E-state index contributed by atoms with van der Waals surface area (Å²) in [4.78, 5) is 18.3. The normalized spacial score (nSPS) is 27.3.